The van der Waals surface area contributed by atoms with E-state index < -0.39 is 11.9 Å². The number of hydrogen-bond donors (Lipinski definition) is 4. The number of nitrogens with two attached hydrogens (primary N) is 2. The monoisotopic (exact) mass is 254 g/mol. The Hall–Kier alpha value is 0.780. The zero-order valence-electron chi connectivity index (χ0n) is 11.6. The van der Waals surface area contributed by atoms with Crippen molar-refractivity contribution < 1.29 is 81.2 Å². The molecule has 0 aliphatic rings. The van der Waals surface area contributed by atoms with Crippen molar-refractivity contribution in [2.45, 2.75) is 0 Å². The number of hydroxylamine groups is 2. The van der Waals surface area contributed by atoms with Gasteiger partial charge in [-0.15, -0.1) is 0 Å². The van der Waals surface area contributed by atoms with Gasteiger partial charge in [-0.05, 0) is 0 Å². The van der Waals surface area contributed by atoms with Gasteiger partial charge in [0.2, 0.25) is 0 Å². The van der Waals surface area contributed by atoms with Crippen LogP contribution < -0.4 is 81.5 Å². The molecule has 86 valence electrons. The maximum absolute atomic E-state index is 10.7. The molecule has 0 amide bonds. The van der Waals surface area contributed by atoms with Gasteiger partial charge in [0.15, 0.2) is 0 Å². The van der Waals surface area contributed by atoms with E-state index in [-0.39, 0.29) is 88.1 Å². The first-order chi connectivity index (χ1) is 6.72. The predicted molar refractivity (Wildman–Crippen MR) is 48.5 cm³/mol. The molecule has 0 unspecified atom stereocenters. The Kier molecular flexibility index (Phi) is 21.7. The van der Waals surface area contributed by atoms with Crippen molar-refractivity contribution >= 4 is 11.9 Å². The van der Waals surface area contributed by atoms with E-state index in [1.807, 2.05) is 0 Å². The molecule has 8 nitrogen and oxygen atoms in total. The summed E-state index contributed by atoms with van der Waals surface area (Å²) in [5, 5.41) is 0. The fourth-order valence-electron chi connectivity index (χ4n) is 0.434. The van der Waals surface area contributed by atoms with Gasteiger partial charge >= 0.3 is 71.1 Å². The smallest absolute Gasteiger partial charge is 1.00 e. The summed E-state index contributed by atoms with van der Waals surface area (Å²) in [7, 11) is 0. The van der Waals surface area contributed by atoms with Crippen molar-refractivity contribution in [2.24, 2.45) is 11.5 Å². The first kappa shape index (κ1) is 22.0. The zero-order valence-corrected chi connectivity index (χ0v) is 13.6. The van der Waals surface area contributed by atoms with Crippen molar-refractivity contribution in [3.8, 4) is 0 Å². The molecule has 0 atom stereocenters. The van der Waals surface area contributed by atoms with Crippen LogP contribution in [-0.4, -0.2) is 38.1 Å². The molecule has 0 aromatic carbocycles. The molecule has 0 aromatic rings. The SMILES string of the molecule is NCCNOC(=O)C(=O)ONCCN.[H-].[H-].[Na+].[Na+]. The van der Waals surface area contributed by atoms with E-state index in [1.54, 1.807) is 0 Å². The van der Waals surface area contributed by atoms with Gasteiger partial charge in [0.25, 0.3) is 0 Å². The number of nitrogens with one attached hydrogen (secondary N) is 2. The minimum Gasteiger partial charge on any atom is -1.00 e. The van der Waals surface area contributed by atoms with E-state index in [2.05, 4.69) is 20.6 Å². The summed E-state index contributed by atoms with van der Waals surface area (Å²) in [4.78, 5) is 30.0. The third-order valence-corrected chi connectivity index (χ3v) is 0.989. The predicted octanol–water partition coefficient (Wildman–Crippen LogP) is -8.77. The number of carbonyl (C=O) groups excluding carboxylic acids is 2. The minimum absolute atomic E-state index is 0. The number of rotatable bonds is 6. The summed E-state index contributed by atoms with van der Waals surface area (Å²) >= 11 is 0. The summed E-state index contributed by atoms with van der Waals surface area (Å²) in [6, 6.07) is 0. The fourth-order valence-corrected chi connectivity index (χ4v) is 0.434. The summed E-state index contributed by atoms with van der Waals surface area (Å²) in [6.07, 6.45) is 0. The average molecular weight is 254 g/mol. The van der Waals surface area contributed by atoms with Crippen LogP contribution in [-0.2, 0) is 19.3 Å². The van der Waals surface area contributed by atoms with E-state index in [0.717, 1.165) is 0 Å². The first-order valence-corrected chi connectivity index (χ1v) is 4.00. The summed E-state index contributed by atoms with van der Waals surface area (Å²) in [5.74, 6) is -2.30. The van der Waals surface area contributed by atoms with Crippen molar-refractivity contribution in [3.63, 3.8) is 0 Å². The molecule has 0 bridgehead atoms. The Morgan fingerprint density at radius 2 is 1.25 bits per heavy atom. The summed E-state index contributed by atoms with van der Waals surface area (Å²) in [5.41, 5.74) is 14.5. The van der Waals surface area contributed by atoms with Crippen LogP contribution in [0.5, 0.6) is 0 Å². The topological polar surface area (TPSA) is 129 Å². The van der Waals surface area contributed by atoms with Crippen LogP contribution in [0.1, 0.15) is 2.85 Å². The van der Waals surface area contributed by atoms with Crippen molar-refractivity contribution in [1.82, 2.24) is 11.0 Å². The Morgan fingerprint density at radius 1 is 0.938 bits per heavy atom. The van der Waals surface area contributed by atoms with E-state index in [0.29, 0.717) is 0 Å². The standard InChI is InChI=1S/C6H14N4O4.2Na.2H/c7-1-3-9-13-5(11)6(12)14-10-4-2-8;;;;/h9-10H,1-4,7-8H2;;;;/q;2*+1;2*-1. The molecule has 10 heteroatoms. The van der Waals surface area contributed by atoms with Gasteiger partial charge in [0.1, 0.15) is 0 Å². The van der Waals surface area contributed by atoms with Gasteiger partial charge in [-0.2, -0.15) is 11.0 Å². The van der Waals surface area contributed by atoms with Gasteiger partial charge in [0.05, 0.1) is 0 Å². The Labute approximate surface area is 141 Å². The molecule has 0 aromatic heterocycles. The molecule has 0 radical (unpaired) electrons. The van der Waals surface area contributed by atoms with Crippen LogP contribution in [0.15, 0.2) is 0 Å². The van der Waals surface area contributed by atoms with Gasteiger partial charge < -0.3 is 24.0 Å². The molecule has 0 spiro atoms. The van der Waals surface area contributed by atoms with Crippen LogP contribution in [0, 0.1) is 0 Å². The summed E-state index contributed by atoms with van der Waals surface area (Å²) in [6.45, 7) is 1.09. The molecule has 0 saturated heterocycles. The van der Waals surface area contributed by atoms with Crippen LogP contribution in [0.3, 0.4) is 0 Å². The molecule has 0 fully saturated rings. The Bertz CT molecular complexity index is 184. The van der Waals surface area contributed by atoms with Gasteiger partial charge in [0, 0.05) is 26.2 Å². The maximum atomic E-state index is 10.7. The molecule has 0 aliphatic heterocycles. The van der Waals surface area contributed by atoms with Gasteiger partial charge in [-0.25, -0.2) is 9.59 Å². The average Bonchev–Trinajstić information content (AvgIpc) is 2.18. The number of hydrogen-bond acceptors (Lipinski definition) is 8. The molecule has 16 heavy (non-hydrogen) atoms. The van der Waals surface area contributed by atoms with E-state index >= 15 is 0 Å². The molecule has 0 saturated carbocycles. The number of carbonyl (C=O) groups is 2. The van der Waals surface area contributed by atoms with E-state index in [4.69, 9.17) is 11.5 Å². The fraction of sp³-hybridized carbons (Fsp3) is 0.667. The van der Waals surface area contributed by atoms with Crippen molar-refractivity contribution in [2.75, 3.05) is 26.2 Å². The van der Waals surface area contributed by atoms with Crippen LogP contribution in [0.2, 0.25) is 0 Å². The molecule has 6 N–H and O–H groups in total. The third kappa shape index (κ3) is 12.8. The van der Waals surface area contributed by atoms with Gasteiger partial charge in [-0.1, -0.05) is 0 Å². The van der Waals surface area contributed by atoms with Crippen molar-refractivity contribution in [3.05, 3.63) is 0 Å². The second-order valence-corrected chi connectivity index (χ2v) is 2.15. The van der Waals surface area contributed by atoms with Crippen LogP contribution in [0.4, 0.5) is 0 Å². The van der Waals surface area contributed by atoms with Crippen LogP contribution in [0.25, 0.3) is 0 Å². The van der Waals surface area contributed by atoms with Crippen LogP contribution >= 0.6 is 0 Å². The minimum atomic E-state index is -1.15. The molecule has 0 aliphatic carbocycles. The largest absolute Gasteiger partial charge is 1.00 e. The maximum Gasteiger partial charge on any atom is 1.00 e. The zero-order chi connectivity index (χ0) is 10.8. The molecular weight excluding hydrogens is 238 g/mol. The van der Waals surface area contributed by atoms with E-state index in [1.165, 1.54) is 0 Å². The molecular formula is C6H16N4Na2O4. The van der Waals surface area contributed by atoms with Crippen molar-refractivity contribution in [1.29, 1.82) is 0 Å². The molecule has 0 rings (SSSR count). The summed E-state index contributed by atoms with van der Waals surface area (Å²) < 4.78 is 0. The Balaban J connectivity index is -0.000000141. The van der Waals surface area contributed by atoms with E-state index in [9.17, 15) is 9.59 Å². The third-order valence-electron chi connectivity index (χ3n) is 0.989. The second-order valence-electron chi connectivity index (χ2n) is 2.15. The second kappa shape index (κ2) is 15.8. The van der Waals surface area contributed by atoms with Gasteiger partial charge in [-0.3, -0.25) is 0 Å². The Morgan fingerprint density at radius 3 is 1.50 bits per heavy atom. The first-order valence-electron chi connectivity index (χ1n) is 4.00. The normalized spacial score (nSPS) is 8.38. The molecule has 0 heterocycles. The quantitative estimate of drug-likeness (QED) is 0.159.